The molecule has 2 N–H and O–H groups in total. The monoisotopic (exact) mass is 367 g/mol. The molecule has 1 saturated carbocycles. The van der Waals surface area contributed by atoms with Gasteiger partial charge in [0.1, 0.15) is 6.17 Å². The van der Waals surface area contributed by atoms with E-state index in [0.717, 1.165) is 29.7 Å². The van der Waals surface area contributed by atoms with Crippen LogP contribution in [0.2, 0.25) is 0 Å². The number of para-hydroxylation sites is 1. The van der Waals surface area contributed by atoms with E-state index in [9.17, 15) is 14.4 Å². The molecule has 1 aliphatic heterocycles. The van der Waals surface area contributed by atoms with Crippen LogP contribution in [0, 0.1) is 37.5 Å². The lowest BCUT2D eigenvalue weighted by atomic mass is 9.63. The van der Waals surface area contributed by atoms with Crippen molar-refractivity contribution in [3.05, 3.63) is 41.5 Å². The number of carbonyl (C=O) groups excluding carboxylic acids is 3. The van der Waals surface area contributed by atoms with E-state index in [1.807, 2.05) is 32.0 Å². The molecule has 142 valence electrons. The molecule has 5 rings (SSSR count). The molecule has 2 bridgehead atoms. The first-order chi connectivity index (χ1) is 12.9. The minimum absolute atomic E-state index is 0.149. The number of allylic oxidation sites excluding steroid dienone is 2. The molecule has 5 atom stereocenters. The van der Waals surface area contributed by atoms with Gasteiger partial charge >= 0.3 is 6.03 Å². The molecule has 3 aliphatic carbocycles. The average Bonchev–Trinajstić information content (AvgIpc) is 2.92. The molecule has 1 saturated heterocycles. The van der Waals surface area contributed by atoms with E-state index in [1.165, 1.54) is 4.90 Å². The summed E-state index contributed by atoms with van der Waals surface area (Å²) in [4.78, 5) is 39.6. The smallest absolute Gasteiger partial charge is 0.317 e. The number of amides is 4. The molecule has 0 unspecified atom stereocenters. The highest BCUT2D eigenvalue weighted by atomic mass is 16.2. The van der Waals surface area contributed by atoms with Crippen molar-refractivity contribution < 1.29 is 14.4 Å². The van der Waals surface area contributed by atoms with Gasteiger partial charge in [0.2, 0.25) is 11.8 Å². The Morgan fingerprint density at radius 2 is 1.56 bits per heavy atom. The van der Waals surface area contributed by atoms with E-state index in [0.29, 0.717) is 0 Å². The zero-order valence-electron chi connectivity index (χ0n) is 15.9. The van der Waals surface area contributed by atoms with Crippen molar-refractivity contribution in [3.8, 4) is 0 Å². The van der Waals surface area contributed by atoms with Gasteiger partial charge in [0.05, 0.1) is 11.8 Å². The second-order valence-corrected chi connectivity index (χ2v) is 7.93. The molecule has 0 radical (unpaired) electrons. The molecule has 1 heterocycles. The average molecular weight is 367 g/mol. The maximum Gasteiger partial charge on any atom is 0.320 e. The summed E-state index contributed by atoms with van der Waals surface area (Å²) in [5.41, 5.74) is 2.66. The van der Waals surface area contributed by atoms with E-state index >= 15 is 0 Å². The van der Waals surface area contributed by atoms with Crippen LogP contribution < -0.4 is 10.6 Å². The molecule has 6 heteroatoms. The topological polar surface area (TPSA) is 78.5 Å². The zero-order valence-corrected chi connectivity index (χ0v) is 15.9. The summed E-state index contributed by atoms with van der Waals surface area (Å²) in [5.74, 6) is -0.513. The highest BCUT2D eigenvalue weighted by Gasteiger charge is 2.57. The van der Waals surface area contributed by atoms with Crippen LogP contribution in [0.1, 0.15) is 30.9 Å². The molecule has 4 amide bonds. The Hall–Kier alpha value is -2.63. The second kappa shape index (κ2) is 6.51. The molecule has 6 nitrogen and oxygen atoms in total. The van der Waals surface area contributed by atoms with E-state index in [2.05, 4.69) is 22.8 Å². The van der Waals surface area contributed by atoms with Gasteiger partial charge < -0.3 is 10.6 Å². The number of anilines is 1. The Morgan fingerprint density at radius 3 is 2.04 bits per heavy atom. The number of urea groups is 1. The van der Waals surface area contributed by atoms with Crippen molar-refractivity contribution in [1.82, 2.24) is 10.2 Å². The van der Waals surface area contributed by atoms with Gasteiger partial charge in [-0.25, -0.2) is 4.79 Å². The number of hydrogen-bond donors (Lipinski definition) is 2. The van der Waals surface area contributed by atoms with E-state index < -0.39 is 12.2 Å². The van der Waals surface area contributed by atoms with Crippen LogP contribution >= 0.6 is 0 Å². The van der Waals surface area contributed by atoms with Crippen LogP contribution in [0.3, 0.4) is 0 Å². The van der Waals surface area contributed by atoms with E-state index in [4.69, 9.17) is 0 Å². The number of rotatable bonds is 3. The Labute approximate surface area is 159 Å². The summed E-state index contributed by atoms with van der Waals surface area (Å²) in [6.07, 6.45) is 5.43. The molecule has 0 spiro atoms. The van der Waals surface area contributed by atoms with E-state index in [-0.39, 0.29) is 35.5 Å². The lowest BCUT2D eigenvalue weighted by molar-refractivity contribution is -0.142. The summed E-state index contributed by atoms with van der Waals surface area (Å²) in [7, 11) is 0. The van der Waals surface area contributed by atoms with Crippen LogP contribution in [0.15, 0.2) is 30.4 Å². The fourth-order valence-corrected chi connectivity index (χ4v) is 4.89. The molecular formula is C21H25N3O3. The van der Waals surface area contributed by atoms with Crippen LogP contribution in [-0.2, 0) is 9.59 Å². The Balaban J connectivity index is 1.47. The third-order valence-corrected chi connectivity index (χ3v) is 6.24. The van der Waals surface area contributed by atoms with Crippen LogP contribution in [0.5, 0.6) is 0 Å². The number of nitrogens with one attached hydrogen (secondary N) is 2. The third kappa shape index (κ3) is 2.83. The lowest BCUT2D eigenvalue weighted by Crippen LogP contribution is -2.50. The number of fused-ring (bicyclic) bond motifs is 1. The maximum absolute atomic E-state index is 12.9. The fraction of sp³-hybridized carbons (Fsp3) is 0.476. The quantitative estimate of drug-likeness (QED) is 0.637. The Kier molecular flexibility index (Phi) is 4.29. The van der Waals surface area contributed by atoms with E-state index in [1.54, 1.807) is 6.92 Å². The van der Waals surface area contributed by atoms with Gasteiger partial charge in [0, 0.05) is 5.69 Å². The number of benzene rings is 1. The summed E-state index contributed by atoms with van der Waals surface area (Å²) >= 11 is 0. The standard InChI is InChI=1S/C21H25N3O3/c1-11-5-4-6-12(2)18(11)23-21(27)22-13(3)24-19(25)16-14-7-8-15(10-9-14)17(16)20(24)26/h4-8,13-17H,9-10H2,1-3H3,(H2,22,23,27)/t13-,14-,15-,16-,17-/m0/s1. The minimum Gasteiger partial charge on any atom is -0.317 e. The number of imide groups is 1. The molecule has 2 fully saturated rings. The molecule has 1 aromatic rings. The first-order valence-corrected chi connectivity index (χ1v) is 9.57. The van der Waals surface area contributed by atoms with Crippen molar-refractivity contribution in [1.29, 1.82) is 0 Å². The lowest BCUT2D eigenvalue weighted by Gasteiger charge is -2.38. The second-order valence-electron chi connectivity index (χ2n) is 7.93. The summed E-state index contributed by atoms with van der Waals surface area (Å²) < 4.78 is 0. The van der Waals surface area contributed by atoms with Crippen LogP contribution in [0.25, 0.3) is 0 Å². The van der Waals surface area contributed by atoms with Crippen LogP contribution in [-0.4, -0.2) is 28.9 Å². The number of aryl methyl sites for hydroxylation is 2. The Morgan fingerprint density at radius 1 is 1.04 bits per heavy atom. The SMILES string of the molecule is Cc1cccc(C)c1NC(=O)N[C@H](C)N1C(=O)[C@@H]2[C@@H](C1=O)[C@H]1C=C[C@H]2CC1. The highest BCUT2D eigenvalue weighted by Crippen LogP contribution is 2.49. The van der Waals surface area contributed by atoms with Crippen LogP contribution in [0.4, 0.5) is 10.5 Å². The predicted octanol–water partition coefficient (Wildman–Crippen LogP) is 2.97. The van der Waals surface area contributed by atoms with Gasteiger partial charge in [-0.15, -0.1) is 0 Å². The van der Waals surface area contributed by atoms with Gasteiger partial charge in [-0.1, -0.05) is 30.4 Å². The normalized spacial score (nSPS) is 29.7. The number of likely N-dealkylation sites (tertiary alicyclic amines) is 1. The molecule has 4 aliphatic rings. The minimum atomic E-state index is -0.681. The van der Waals surface area contributed by atoms with Gasteiger partial charge in [-0.05, 0) is 56.6 Å². The van der Waals surface area contributed by atoms with Gasteiger partial charge in [0.15, 0.2) is 0 Å². The fourth-order valence-electron chi connectivity index (χ4n) is 4.89. The zero-order chi connectivity index (χ0) is 19.3. The summed E-state index contributed by atoms with van der Waals surface area (Å²) in [5, 5.41) is 5.60. The molecule has 0 aromatic heterocycles. The predicted molar refractivity (Wildman–Crippen MR) is 102 cm³/mol. The molecular weight excluding hydrogens is 342 g/mol. The molecule has 1 aromatic carbocycles. The van der Waals surface area contributed by atoms with Crippen molar-refractivity contribution in [2.75, 3.05) is 5.32 Å². The van der Waals surface area contributed by atoms with Crippen molar-refractivity contribution in [2.24, 2.45) is 23.7 Å². The maximum atomic E-state index is 12.9. The number of nitrogens with zero attached hydrogens (tertiary/aromatic N) is 1. The van der Waals surface area contributed by atoms with Crippen molar-refractivity contribution >= 4 is 23.5 Å². The van der Waals surface area contributed by atoms with Gasteiger partial charge in [0.25, 0.3) is 0 Å². The summed E-state index contributed by atoms with van der Waals surface area (Å²) in [6.45, 7) is 5.53. The first-order valence-electron chi connectivity index (χ1n) is 9.57. The van der Waals surface area contributed by atoms with Gasteiger partial charge in [-0.2, -0.15) is 0 Å². The van der Waals surface area contributed by atoms with Crippen molar-refractivity contribution in [3.63, 3.8) is 0 Å². The van der Waals surface area contributed by atoms with Crippen molar-refractivity contribution in [2.45, 2.75) is 39.8 Å². The highest BCUT2D eigenvalue weighted by molar-refractivity contribution is 6.06. The van der Waals surface area contributed by atoms with Gasteiger partial charge in [-0.3, -0.25) is 14.5 Å². The molecule has 27 heavy (non-hydrogen) atoms. The largest absolute Gasteiger partial charge is 0.320 e. The third-order valence-electron chi connectivity index (χ3n) is 6.24. The summed E-state index contributed by atoms with van der Waals surface area (Å²) in [6, 6.07) is 5.36. The number of carbonyl (C=O) groups is 3. The number of hydrogen-bond acceptors (Lipinski definition) is 3. The first kappa shape index (κ1) is 17.8. The Bertz CT molecular complexity index is 795.